The summed E-state index contributed by atoms with van der Waals surface area (Å²) in [5.74, 6) is 0.910. The van der Waals surface area contributed by atoms with Gasteiger partial charge in [-0.2, -0.15) is 0 Å². The van der Waals surface area contributed by atoms with Gasteiger partial charge in [-0.05, 0) is 24.3 Å². The van der Waals surface area contributed by atoms with Crippen LogP contribution in [0.15, 0.2) is 60.7 Å². The third kappa shape index (κ3) is 5.15. The minimum absolute atomic E-state index is 0.0648. The van der Waals surface area contributed by atoms with Crippen LogP contribution in [0.4, 0.5) is 0 Å². The van der Waals surface area contributed by atoms with E-state index in [0.717, 1.165) is 5.75 Å². The average Bonchev–Trinajstić information content (AvgIpc) is 2.40. The van der Waals surface area contributed by atoms with Crippen molar-refractivity contribution in [2.24, 2.45) is 0 Å². The molecule has 0 unspecified atom stereocenters. The van der Waals surface area contributed by atoms with Crippen molar-refractivity contribution in [3.05, 3.63) is 60.7 Å². The summed E-state index contributed by atoms with van der Waals surface area (Å²) >= 11 is 0. The third-order valence-corrected chi connectivity index (χ3v) is 3.04. The lowest BCUT2D eigenvalue weighted by molar-refractivity contribution is 0.387. The van der Waals surface area contributed by atoms with Crippen LogP contribution in [-0.4, -0.2) is 16.9 Å². The molecule has 0 aliphatic carbocycles. The lowest BCUT2D eigenvalue weighted by Gasteiger charge is -2.00. The number of rotatable bonds is 2. The molecule has 2 aromatic carbocycles. The molecule has 0 amide bonds. The highest BCUT2D eigenvalue weighted by Gasteiger charge is 2.14. The second-order valence-electron chi connectivity index (χ2n) is 3.40. The molecule has 0 fully saturated rings. The first-order chi connectivity index (χ1) is 8.54. The summed E-state index contributed by atoms with van der Waals surface area (Å²) < 4.78 is 15.4. The lowest BCUT2D eigenvalue weighted by atomic mass is 10.3. The van der Waals surface area contributed by atoms with Gasteiger partial charge in [0.2, 0.25) is 0 Å². The van der Waals surface area contributed by atoms with E-state index in [-0.39, 0.29) is 5.30 Å². The van der Waals surface area contributed by atoms with Gasteiger partial charge in [0.15, 0.2) is 0 Å². The van der Waals surface area contributed by atoms with E-state index in [1.807, 2.05) is 30.3 Å². The minimum Gasteiger partial charge on any atom is -0.497 e. The molecule has 0 saturated heterocycles. The van der Waals surface area contributed by atoms with Crippen LogP contribution in [0.2, 0.25) is 0 Å². The summed E-state index contributed by atoms with van der Waals surface area (Å²) in [4.78, 5) is 17.2. The van der Waals surface area contributed by atoms with E-state index < -0.39 is 7.60 Å². The molecule has 2 N–H and O–H groups in total. The van der Waals surface area contributed by atoms with Crippen LogP contribution in [0, 0.1) is 0 Å². The standard InChI is InChI=1S/C7H8O.C6H7O3P/c1-8-7-5-3-2-4-6-7;7-10(8,9)6-4-2-1-3-5-6/h2-6H,1H3;1-5H,(H2,7,8,9). The molecule has 96 valence electrons. The maximum Gasteiger partial charge on any atom is 0.356 e. The van der Waals surface area contributed by atoms with Crippen LogP contribution < -0.4 is 10.0 Å². The first-order valence-electron chi connectivity index (χ1n) is 5.24. The summed E-state index contributed by atoms with van der Waals surface area (Å²) in [6, 6.07) is 17.4. The quantitative estimate of drug-likeness (QED) is 0.818. The van der Waals surface area contributed by atoms with E-state index in [0.29, 0.717) is 0 Å². The molecule has 18 heavy (non-hydrogen) atoms. The van der Waals surface area contributed by atoms with Crippen molar-refractivity contribution in [1.29, 1.82) is 0 Å². The molecule has 2 rings (SSSR count). The Bertz CT molecular complexity index is 493. The molecule has 0 radical (unpaired) electrons. The Morgan fingerprint density at radius 3 is 1.61 bits per heavy atom. The second-order valence-corrected chi connectivity index (χ2v) is 5.00. The predicted molar refractivity (Wildman–Crippen MR) is 71.1 cm³/mol. The number of hydrogen-bond donors (Lipinski definition) is 2. The van der Waals surface area contributed by atoms with Crippen LogP contribution in [-0.2, 0) is 4.57 Å². The lowest BCUT2D eigenvalue weighted by Crippen LogP contribution is -2.01. The molecule has 4 nitrogen and oxygen atoms in total. The van der Waals surface area contributed by atoms with Crippen molar-refractivity contribution in [2.75, 3.05) is 7.11 Å². The number of methoxy groups -OCH3 is 1. The Morgan fingerprint density at radius 2 is 1.33 bits per heavy atom. The molecule has 0 aromatic heterocycles. The zero-order valence-electron chi connectivity index (χ0n) is 9.93. The van der Waals surface area contributed by atoms with Gasteiger partial charge in [-0.3, -0.25) is 4.57 Å². The van der Waals surface area contributed by atoms with E-state index in [1.54, 1.807) is 25.3 Å². The fraction of sp³-hybridized carbons (Fsp3) is 0.0769. The molecular weight excluding hydrogens is 251 g/mol. The van der Waals surface area contributed by atoms with Gasteiger partial charge in [-0.25, -0.2) is 0 Å². The maximum atomic E-state index is 10.5. The average molecular weight is 266 g/mol. The highest BCUT2D eigenvalue weighted by molar-refractivity contribution is 7.60. The Balaban J connectivity index is 0.000000184. The van der Waals surface area contributed by atoms with Gasteiger partial charge in [0.1, 0.15) is 5.75 Å². The van der Waals surface area contributed by atoms with Crippen molar-refractivity contribution in [3.63, 3.8) is 0 Å². The molecule has 0 atom stereocenters. The zero-order chi connectivity index (χ0) is 13.4. The Morgan fingerprint density at radius 1 is 0.889 bits per heavy atom. The highest BCUT2D eigenvalue weighted by atomic mass is 31.2. The van der Waals surface area contributed by atoms with Crippen molar-refractivity contribution < 1.29 is 19.1 Å². The van der Waals surface area contributed by atoms with Crippen LogP contribution in [0.5, 0.6) is 5.75 Å². The van der Waals surface area contributed by atoms with Crippen molar-refractivity contribution >= 4 is 12.9 Å². The molecule has 0 aliphatic rings. The minimum atomic E-state index is -4.02. The van der Waals surface area contributed by atoms with E-state index in [9.17, 15) is 4.57 Å². The van der Waals surface area contributed by atoms with Gasteiger partial charge < -0.3 is 14.5 Å². The third-order valence-electron chi connectivity index (χ3n) is 2.07. The van der Waals surface area contributed by atoms with Gasteiger partial charge >= 0.3 is 7.60 Å². The number of benzene rings is 2. The summed E-state index contributed by atoms with van der Waals surface area (Å²) in [5, 5.41) is 0.0648. The molecule has 0 heterocycles. The molecule has 5 heteroatoms. The fourth-order valence-corrected chi connectivity index (χ4v) is 1.74. The van der Waals surface area contributed by atoms with Crippen molar-refractivity contribution in [1.82, 2.24) is 0 Å². The van der Waals surface area contributed by atoms with Gasteiger partial charge in [-0.1, -0.05) is 36.4 Å². The SMILES string of the molecule is COc1ccccc1.O=P(O)(O)c1ccccc1. The largest absolute Gasteiger partial charge is 0.497 e. The van der Waals surface area contributed by atoms with Crippen LogP contribution >= 0.6 is 7.60 Å². The predicted octanol–water partition coefficient (Wildman–Crippen LogP) is 2.18. The molecule has 2 aromatic rings. The van der Waals surface area contributed by atoms with E-state index in [2.05, 4.69) is 0 Å². The number of ether oxygens (including phenoxy) is 1. The smallest absolute Gasteiger partial charge is 0.356 e. The first kappa shape index (κ1) is 14.5. The molecular formula is C13H15O4P. The van der Waals surface area contributed by atoms with E-state index in [1.165, 1.54) is 12.1 Å². The molecule has 0 aliphatic heterocycles. The monoisotopic (exact) mass is 266 g/mol. The fourth-order valence-electron chi connectivity index (χ4n) is 1.18. The van der Waals surface area contributed by atoms with Gasteiger partial charge in [-0.15, -0.1) is 0 Å². The van der Waals surface area contributed by atoms with Gasteiger partial charge in [0.05, 0.1) is 12.4 Å². The zero-order valence-corrected chi connectivity index (χ0v) is 10.8. The Labute approximate surface area is 106 Å². The summed E-state index contributed by atoms with van der Waals surface area (Å²) in [6.45, 7) is 0. The van der Waals surface area contributed by atoms with E-state index in [4.69, 9.17) is 14.5 Å². The molecule has 0 bridgehead atoms. The topological polar surface area (TPSA) is 66.8 Å². The Hall–Kier alpha value is -1.61. The van der Waals surface area contributed by atoms with Gasteiger partial charge in [0, 0.05) is 0 Å². The summed E-state index contributed by atoms with van der Waals surface area (Å²) in [7, 11) is -2.36. The Kier molecular flexibility index (Phi) is 5.59. The van der Waals surface area contributed by atoms with Crippen LogP contribution in [0.25, 0.3) is 0 Å². The van der Waals surface area contributed by atoms with E-state index >= 15 is 0 Å². The van der Waals surface area contributed by atoms with Crippen molar-refractivity contribution in [2.45, 2.75) is 0 Å². The number of hydrogen-bond acceptors (Lipinski definition) is 2. The first-order valence-corrected chi connectivity index (χ1v) is 6.85. The summed E-state index contributed by atoms with van der Waals surface area (Å²) in [6.07, 6.45) is 0. The highest BCUT2D eigenvalue weighted by Crippen LogP contribution is 2.32. The second kappa shape index (κ2) is 6.97. The van der Waals surface area contributed by atoms with Crippen LogP contribution in [0.3, 0.4) is 0 Å². The number of para-hydroxylation sites is 1. The van der Waals surface area contributed by atoms with Crippen molar-refractivity contribution in [3.8, 4) is 5.75 Å². The van der Waals surface area contributed by atoms with Gasteiger partial charge in [0.25, 0.3) is 0 Å². The maximum absolute atomic E-state index is 10.5. The summed E-state index contributed by atoms with van der Waals surface area (Å²) in [5.41, 5.74) is 0. The normalized spacial score (nSPS) is 10.2. The van der Waals surface area contributed by atoms with Crippen LogP contribution in [0.1, 0.15) is 0 Å². The molecule has 0 saturated carbocycles. The molecule has 0 spiro atoms.